The van der Waals surface area contributed by atoms with E-state index < -0.39 is 63.5 Å². The highest BCUT2D eigenvalue weighted by atomic mass is 19.3. The average Bonchev–Trinajstić information content (AvgIpc) is 2.84. The van der Waals surface area contributed by atoms with E-state index in [1.54, 1.807) is 0 Å². The van der Waals surface area contributed by atoms with Crippen LogP contribution in [0.25, 0.3) is 11.1 Å². The fourth-order valence-corrected chi connectivity index (χ4v) is 4.79. The van der Waals surface area contributed by atoms with Crippen LogP contribution in [0.15, 0.2) is 42.5 Å². The molecule has 0 radical (unpaired) electrons. The molecule has 1 aliphatic rings. The Hall–Kier alpha value is -3.14. The maximum atomic E-state index is 14.8. The summed E-state index contributed by atoms with van der Waals surface area (Å²) in [6.07, 6.45) is -1.85. The molecule has 204 valence electrons. The van der Waals surface area contributed by atoms with Crippen molar-refractivity contribution in [3.63, 3.8) is 0 Å². The summed E-state index contributed by atoms with van der Waals surface area (Å²) >= 11 is 0. The molecule has 0 aromatic heterocycles. The number of alkyl halides is 2. The van der Waals surface area contributed by atoms with Gasteiger partial charge in [0.1, 0.15) is 34.6 Å². The topological polar surface area (TPSA) is 18.5 Å². The lowest BCUT2D eigenvalue weighted by Gasteiger charge is -2.29. The van der Waals surface area contributed by atoms with E-state index >= 15 is 0 Å². The van der Waals surface area contributed by atoms with E-state index in [9.17, 15) is 35.1 Å². The maximum absolute atomic E-state index is 14.8. The number of ether oxygens (including phenoxy) is 2. The molecule has 0 aliphatic heterocycles. The molecule has 0 unspecified atom stereocenters. The second-order valence-corrected chi connectivity index (χ2v) is 9.25. The molecule has 3 aromatic carbocycles. The van der Waals surface area contributed by atoms with E-state index in [0.717, 1.165) is 31.0 Å². The lowest BCUT2D eigenvalue weighted by molar-refractivity contribution is -0.189. The third-order valence-electron chi connectivity index (χ3n) is 6.70. The van der Waals surface area contributed by atoms with Crippen molar-refractivity contribution in [2.75, 3.05) is 13.2 Å². The van der Waals surface area contributed by atoms with E-state index in [-0.39, 0.29) is 11.5 Å². The first-order chi connectivity index (χ1) is 18.0. The lowest BCUT2D eigenvalue weighted by atomic mass is 9.79. The number of benzene rings is 3. The molecule has 38 heavy (non-hydrogen) atoms. The van der Waals surface area contributed by atoms with Gasteiger partial charge in [0.05, 0.1) is 5.56 Å². The molecule has 0 bridgehead atoms. The summed E-state index contributed by atoms with van der Waals surface area (Å²) in [5, 5.41) is 0. The van der Waals surface area contributed by atoms with Gasteiger partial charge in [0.2, 0.25) is 0 Å². The largest absolute Gasteiger partial charge is 0.432 e. The maximum Gasteiger partial charge on any atom is 0.432 e. The molecule has 2 nitrogen and oxygen atoms in total. The predicted octanol–water partition coefficient (Wildman–Crippen LogP) is 8.63. The van der Waals surface area contributed by atoms with Gasteiger partial charge in [-0.25, -0.2) is 26.3 Å². The average molecular weight is 544 g/mol. The molecule has 10 heteroatoms. The highest BCUT2D eigenvalue weighted by Gasteiger charge is 2.42. The molecule has 0 N–H and O–H groups in total. The first-order valence-corrected chi connectivity index (χ1v) is 12.1. The summed E-state index contributed by atoms with van der Waals surface area (Å²) in [5.41, 5.74) is -2.67. The Morgan fingerprint density at radius 2 is 1.34 bits per heavy atom. The zero-order chi connectivity index (χ0) is 27.6. The second kappa shape index (κ2) is 11.3. The van der Waals surface area contributed by atoms with Gasteiger partial charge < -0.3 is 9.47 Å². The van der Waals surface area contributed by atoms with E-state index in [1.807, 2.05) is 6.92 Å². The molecular formula is C28H24F8O2. The summed E-state index contributed by atoms with van der Waals surface area (Å²) in [5.74, 6) is -9.55. The van der Waals surface area contributed by atoms with Crippen molar-refractivity contribution in [3.8, 4) is 16.9 Å². The Morgan fingerprint density at radius 3 is 1.89 bits per heavy atom. The van der Waals surface area contributed by atoms with Crippen molar-refractivity contribution in [3.05, 3.63) is 88.5 Å². The van der Waals surface area contributed by atoms with E-state index in [4.69, 9.17) is 4.74 Å². The van der Waals surface area contributed by atoms with Crippen molar-refractivity contribution in [1.29, 1.82) is 0 Å². The Labute approximate surface area is 214 Å². The normalized spacial score (nSPS) is 18.0. The fourth-order valence-electron chi connectivity index (χ4n) is 4.79. The Morgan fingerprint density at radius 1 is 0.737 bits per heavy atom. The quantitative estimate of drug-likeness (QED) is 0.264. The van der Waals surface area contributed by atoms with Crippen LogP contribution in [0.3, 0.4) is 0 Å². The van der Waals surface area contributed by atoms with Crippen molar-refractivity contribution >= 4 is 0 Å². The molecule has 1 aliphatic carbocycles. The number of hydrogen-bond acceptors (Lipinski definition) is 2. The van der Waals surface area contributed by atoms with Gasteiger partial charge in [-0.15, -0.1) is 0 Å². The summed E-state index contributed by atoms with van der Waals surface area (Å²) < 4.78 is 125. The number of rotatable bonds is 8. The van der Waals surface area contributed by atoms with Crippen LogP contribution >= 0.6 is 0 Å². The molecule has 3 aromatic rings. The third kappa shape index (κ3) is 5.95. The molecule has 1 saturated carbocycles. The Balaban J connectivity index is 1.54. The van der Waals surface area contributed by atoms with Gasteiger partial charge in [-0.3, -0.25) is 0 Å². The summed E-state index contributed by atoms with van der Waals surface area (Å²) in [7, 11) is 0. The van der Waals surface area contributed by atoms with Crippen molar-refractivity contribution in [2.24, 2.45) is 5.92 Å². The van der Waals surface area contributed by atoms with Gasteiger partial charge in [0, 0.05) is 25.3 Å². The van der Waals surface area contributed by atoms with Crippen LogP contribution in [0.2, 0.25) is 0 Å². The Bertz CT molecular complexity index is 1260. The van der Waals surface area contributed by atoms with Crippen molar-refractivity contribution in [2.45, 2.75) is 44.6 Å². The standard InChI is InChI=1S/C28H24F8O2/c1-2-37-14-15-3-5-16(6-4-15)18-10-24(33)27(25(34)11-18)28(35,36)38-19-12-22(31)26(23(32)13-19)17-7-8-20(29)21(30)9-17/h7-13,15-16H,2-6,14H2,1H3. The van der Waals surface area contributed by atoms with Crippen LogP contribution in [0.5, 0.6) is 5.75 Å². The SMILES string of the molecule is CCOCC1CCC(c2cc(F)c(C(F)(F)Oc3cc(F)c(-c4ccc(F)c(F)c4)c(F)c3)c(F)c2)CC1. The van der Waals surface area contributed by atoms with Gasteiger partial charge in [-0.05, 0) is 79.8 Å². The minimum atomic E-state index is -4.62. The van der Waals surface area contributed by atoms with Crippen molar-refractivity contribution < 1.29 is 44.6 Å². The van der Waals surface area contributed by atoms with Crippen LogP contribution < -0.4 is 4.74 Å². The Kier molecular flexibility index (Phi) is 8.30. The molecular weight excluding hydrogens is 520 g/mol. The van der Waals surface area contributed by atoms with E-state index in [0.29, 0.717) is 56.2 Å². The van der Waals surface area contributed by atoms with Crippen LogP contribution in [0.1, 0.15) is 49.7 Å². The summed E-state index contributed by atoms with van der Waals surface area (Å²) in [6, 6.07) is 4.45. The van der Waals surface area contributed by atoms with Gasteiger partial charge in [-0.1, -0.05) is 6.07 Å². The zero-order valence-electron chi connectivity index (χ0n) is 20.3. The van der Waals surface area contributed by atoms with Crippen LogP contribution in [0.4, 0.5) is 35.1 Å². The highest BCUT2D eigenvalue weighted by molar-refractivity contribution is 5.66. The monoisotopic (exact) mass is 544 g/mol. The van der Waals surface area contributed by atoms with Crippen LogP contribution in [-0.4, -0.2) is 13.2 Å². The fraction of sp³-hybridized carbons (Fsp3) is 0.357. The van der Waals surface area contributed by atoms with Gasteiger partial charge in [-0.2, -0.15) is 8.78 Å². The molecule has 0 heterocycles. The van der Waals surface area contributed by atoms with E-state index in [2.05, 4.69) is 4.74 Å². The van der Waals surface area contributed by atoms with Gasteiger partial charge in [0.15, 0.2) is 11.6 Å². The first-order valence-electron chi connectivity index (χ1n) is 12.1. The predicted molar refractivity (Wildman–Crippen MR) is 124 cm³/mol. The van der Waals surface area contributed by atoms with Crippen molar-refractivity contribution in [1.82, 2.24) is 0 Å². The first kappa shape index (κ1) is 27.9. The van der Waals surface area contributed by atoms with Crippen LogP contribution in [-0.2, 0) is 10.8 Å². The zero-order valence-corrected chi connectivity index (χ0v) is 20.3. The van der Waals surface area contributed by atoms with Gasteiger partial charge in [0.25, 0.3) is 0 Å². The summed E-state index contributed by atoms with van der Waals surface area (Å²) in [4.78, 5) is 0. The smallest absolute Gasteiger partial charge is 0.429 e. The van der Waals surface area contributed by atoms with E-state index in [1.165, 1.54) is 0 Å². The minimum absolute atomic E-state index is 0.215. The van der Waals surface area contributed by atoms with Gasteiger partial charge >= 0.3 is 6.11 Å². The molecule has 0 saturated heterocycles. The summed E-state index contributed by atoms with van der Waals surface area (Å²) in [6.45, 7) is 3.07. The molecule has 4 rings (SSSR count). The highest BCUT2D eigenvalue weighted by Crippen LogP contribution is 2.41. The number of halogens is 8. The molecule has 1 fully saturated rings. The lowest BCUT2D eigenvalue weighted by Crippen LogP contribution is -2.26. The minimum Gasteiger partial charge on any atom is -0.429 e. The third-order valence-corrected chi connectivity index (χ3v) is 6.70. The van der Waals surface area contributed by atoms with Crippen LogP contribution in [0, 0.1) is 40.8 Å². The number of hydrogen-bond donors (Lipinski definition) is 0. The molecule has 0 amide bonds. The molecule has 0 atom stereocenters. The second-order valence-electron chi connectivity index (χ2n) is 9.25. The molecule has 0 spiro atoms.